The van der Waals surface area contributed by atoms with Gasteiger partial charge in [-0.15, -0.1) is 0 Å². The minimum atomic E-state index is 0.0575. The van der Waals surface area contributed by atoms with E-state index in [9.17, 15) is 4.79 Å². The van der Waals surface area contributed by atoms with E-state index < -0.39 is 0 Å². The quantitative estimate of drug-likeness (QED) is 0.703. The number of carbonyl (C=O) groups excluding carboxylic acids is 1. The third-order valence-corrected chi connectivity index (χ3v) is 3.48. The highest BCUT2D eigenvalue weighted by Crippen LogP contribution is 2.17. The highest BCUT2D eigenvalue weighted by Gasteiger charge is 2.23. The monoisotopic (exact) mass is 227 g/mol. The standard InChI is InChI=1S/C13H26N2O/c1-4-7-10(2)14-11(3)13(16)15-12-8-5-6-9-12/h10-12,14H,4-9H2,1-3H3,(H,15,16)/p+1/t10-,11+/m0/s1. The van der Waals surface area contributed by atoms with E-state index in [1.165, 1.54) is 38.5 Å². The minimum Gasteiger partial charge on any atom is -0.348 e. The molecule has 0 radical (unpaired) electrons. The van der Waals surface area contributed by atoms with E-state index in [0.29, 0.717) is 12.1 Å². The van der Waals surface area contributed by atoms with Crippen molar-refractivity contribution >= 4 is 5.91 Å². The van der Waals surface area contributed by atoms with Crippen molar-refractivity contribution in [2.24, 2.45) is 0 Å². The van der Waals surface area contributed by atoms with Crippen LogP contribution in [0.1, 0.15) is 59.3 Å². The molecule has 1 aliphatic rings. The number of nitrogens with two attached hydrogens (primary N) is 1. The summed E-state index contributed by atoms with van der Waals surface area (Å²) >= 11 is 0. The van der Waals surface area contributed by atoms with E-state index in [4.69, 9.17) is 0 Å². The summed E-state index contributed by atoms with van der Waals surface area (Å²) in [7, 11) is 0. The van der Waals surface area contributed by atoms with Gasteiger partial charge in [-0.3, -0.25) is 4.79 Å². The Bertz CT molecular complexity index is 212. The van der Waals surface area contributed by atoms with Gasteiger partial charge in [0, 0.05) is 6.04 Å². The van der Waals surface area contributed by atoms with E-state index in [0.717, 1.165) is 0 Å². The number of carbonyl (C=O) groups is 1. The highest BCUT2D eigenvalue weighted by molar-refractivity contribution is 5.80. The van der Waals surface area contributed by atoms with Gasteiger partial charge < -0.3 is 10.6 Å². The summed E-state index contributed by atoms with van der Waals surface area (Å²) in [6.45, 7) is 6.40. The van der Waals surface area contributed by atoms with Crippen LogP contribution in [0.2, 0.25) is 0 Å². The molecule has 1 saturated carbocycles. The van der Waals surface area contributed by atoms with Crippen LogP contribution in [0.3, 0.4) is 0 Å². The number of quaternary nitrogens is 1. The fourth-order valence-corrected chi connectivity index (χ4v) is 2.53. The maximum absolute atomic E-state index is 11.9. The maximum atomic E-state index is 11.9. The molecular weight excluding hydrogens is 200 g/mol. The molecular formula is C13H27N2O+. The van der Waals surface area contributed by atoms with Crippen LogP contribution in [0.25, 0.3) is 0 Å². The Labute approximate surface area is 99.4 Å². The molecule has 0 aromatic rings. The first-order valence-corrected chi connectivity index (χ1v) is 6.78. The molecule has 1 fully saturated rings. The molecule has 0 unspecified atom stereocenters. The average molecular weight is 227 g/mol. The smallest absolute Gasteiger partial charge is 0.278 e. The summed E-state index contributed by atoms with van der Waals surface area (Å²) in [5.74, 6) is 0.217. The molecule has 0 aromatic carbocycles. The molecule has 1 amide bonds. The fourth-order valence-electron chi connectivity index (χ4n) is 2.53. The summed E-state index contributed by atoms with van der Waals surface area (Å²) < 4.78 is 0. The van der Waals surface area contributed by atoms with Gasteiger partial charge in [0.1, 0.15) is 0 Å². The van der Waals surface area contributed by atoms with E-state index in [-0.39, 0.29) is 11.9 Å². The lowest BCUT2D eigenvalue weighted by atomic mass is 10.1. The van der Waals surface area contributed by atoms with Crippen LogP contribution in [0.15, 0.2) is 0 Å². The van der Waals surface area contributed by atoms with E-state index in [1.807, 2.05) is 6.92 Å². The van der Waals surface area contributed by atoms with E-state index in [2.05, 4.69) is 24.5 Å². The lowest BCUT2D eigenvalue weighted by Crippen LogP contribution is -2.96. The van der Waals surface area contributed by atoms with Gasteiger partial charge in [-0.05, 0) is 33.1 Å². The molecule has 2 atom stereocenters. The molecule has 3 heteroatoms. The second kappa shape index (κ2) is 6.89. The SMILES string of the molecule is CCC[C@H](C)[NH2+][C@H](C)C(=O)NC1CCCC1. The average Bonchev–Trinajstić information content (AvgIpc) is 2.70. The zero-order chi connectivity index (χ0) is 12.0. The zero-order valence-electron chi connectivity index (χ0n) is 11.0. The summed E-state index contributed by atoms with van der Waals surface area (Å²) in [5.41, 5.74) is 0. The Balaban J connectivity index is 2.23. The van der Waals surface area contributed by atoms with Gasteiger partial charge in [-0.2, -0.15) is 0 Å². The normalized spacial score (nSPS) is 20.7. The second-order valence-corrected chi connectivity index (χ2v) is 5.24. The number of nitrogens with one attached hydrogen (secondary N) is 1. The molecule has 16 heavy (non-hydrogen) atoms. The van der Waals surface area contributed by atoms with Crippen LogP contribution >= 0.6 is 0 Å². The van der Waals surface area contributed by atoms with Gasteiger partial charge in [0.15, 0.2) is 6.04 Å². The number of hydrogen-bond donors (Lipinski definition) is 2. The third-order valence-electron chi connectivity index (χ3n) is 3.48. The van der Waals surface area contributed by atoms with Crippen molar-refractivity contribution in [3.8, 4) is 0 Å². The Kier molecular flexibility index (Phi) is 5.81. The Morgan fingerprint density at radius 2 is 2.00 bits per heavy atom. The van der Waals surface area contributed by atoms with Crippen molar-refractivity contribution in [1.82, 2.24) is 5.32 Å². The Hall–Kier alpha value is -0.570. The van der Waals surface area contributed by atoms with Gasteiger partial charge in [-0.25, -0.2) is 0 Å². The molecule has 3 nitrogen and oxygen atoms in total. The highest BCUT2D eigenvalue weighted by atomic mass is 16.2. The largest absolute Gasteiger partial charge is 0.348 e. The number of hydrogen-bond acceptors (Lipinski definition) is 1. The minimum absolute atomic E-state index is 0.0575. The van der Waals surface area contributed by atoms with Crippen LogP contribution in [0.5, 0.6) is 0 Å². The topological polar surface area (TPSA) is 45.7 Å². The maximum Gasteiger partial charge on any atom is 0.278 e. The van der Waals surface area contributed by atoms with Gasteiger partial charge in [0.2, 0.25) is 0 Å². The summed E-state index contributed by atoms with van der Waals surface area (Å²) in [6, 6.07) is 1.06. The van der Waals surface area contributed by atoms with Gasteiger partial charge >= 0.3 is 0 Å². The van der Waals surface area contributed by atoms with Crippen molar-refractivity contribution in [1.29, 1.82) is 0 Å². The molecule has 0 spiro atoms. The Morgan fingerprint density at radius 3 is 2.56 bits per heavy atom. The first-order chi connectivity index (χ1) is 7.63. The van der Waals surface area contributed by atoms with Gasteiger partial charge in [0.25, 0.3) is 5.91 Å². The fraction of sp³-hybridized carbons (Fsp3) is 0.923. The third kappa shape index (κ3) is 4.52. The molecule has 94 valence electrons. The molecule has 0 heterocycles. The van der Waals surface area contributed by atoms with Crippen LogP contribution in [-0.4, -0.2) is 24.0 Å². The van der Waals surface area contributed by atoms with Crippen LogP contribution < -0.4 is 10.6 Å². The summed E-state index contributed by atoms with van der Waals surface area (Å²) in [4.78, 5) is 11.9. The van der Waals surface area contributed by atoms with Crippen molar-refractivity contribution < 1.29 is 10.1 Å². The summed E-state index contributed by atoms with van der Waals surface area (Å²) in [5, 5.41) is 5.34. The first kappa shape index (κ1) is 13.5. The lowest BCUT2D eigenvalue weighted by Gasteiger charge is -2.18. The van der Waals surface area contributed by atoms with Crippen molar-refractivity contribution in [2.75, 3.05) is 0 Å². The molecule has 1 aliphatic carbocycles. The van der Waals surface area contributed by atoms with Crippen molar-refractivity contribution in [3.63, 3.8) is 0 Å². The molecule has 0 bridgehead atoms. The van der Waals surface area contributed by atoms with Crippen LogP contribution in [0.4, 0.5) is 0 Å². The molecule has 0 aliphatic heterocycles. The molecule has 0 saturated heterocycles. The first-order valence-electron chi connectivity index (χ1n) is 6.78. The molecule has 1 rings (SSSR count). The molecule has 3 N–H and O–H groups in total. The number of amides is 1. The lowest BCUT2D eigenvalue weighted by molar-refractivity contribution is -0.704. The number of rotatable bonds is 6. The zero-order valence-corrected chi connectivity index (χ0v) is 11.0. The van der Waals surface area contributed by atoms with E-state index in [1.54, 1.807) is 0 Å². The summed E-state index contributed by atoms with van der Waals surface area (Å²) in [6.07, 6.45) is 7.26. The van der Waals surface area contributed by atoms with Crippen LogP contribution in [-0.2, 0) is 4.79 Å². The van der Waals surface area contributed by atoms with Crippen molar-refractivity contribution in [3.05, 3.63) is 0 Å². The predicted octanol–water partition coefficient (Wildman–Crippen LogP) is 1.19. The van der Waals surface area contributed by atoms with Crippen LogP contribution in [0, 0.1) is 0 Å². The van der Waals surface area contributed by atoms with Crippen molar-refractivity contribution in [2.45, 2.75) is 77.4 Å². The molecule has 0 aromatic heterocycles. The van der Waals surface area contributed by atoms with Gasteiger partial charge in [-0.1, -0.05) is 26.2 Å². The second-order valence-electron chi connectivity index (χ2n) is 5.24. The van der Waals surface area contributed by atoms with Gasteiger partial charge in [0.05, 0.1) is 6.04 Å². The Morgan fingerprint density at radius 1 is 1.38 bits per heavy atom. The van der Waals surface area contributed by atoms with E-state index >= 15 is 0 Å². The predicted molar refractivity (Wildman–Crippen MR) is 66.2 cm³/mol.